The highest BCUT2D eigenvalue weighted by Gasteiger charge is 2.20. The lowest BCUT2D eigenvalue weighted by atomic mass is 9.89. The fraction of sp³-hybridized carbons (Fsp3) is 0.500. The molecule has 0 radical (unpaired) electrons. The zero-order chi connectivity index (χ0) is 13.8. The molecule has 0 atom stereocenters. The lowest BCUT2D eigenvalue weighted by Gasteiger charge is -2.25. The minimum absolute atomic E-state index is 0.0497. The first kappa shape index (κ1) is 15.4. The first-order valence-electron chi connectivity index (χ1n) is 6.43. The van der Waals surface area contributed by atoms with E-state index in [1.807, 2.05) is 6.07 Å². The minimum Gasteiger partial charge on any atom is -0.352 e. The number of hydrogen-bond acceptors (Lipinski definition) is 1. The van der Waals surface area contributed by atoms with Gasteiger partial charge < -0.3 is 5.32 Å². The summed E-state index contributed by atoms with van der Waals surface area (Å²) >= 11 is 14.2. The van der Waals surface area contributed by atoms with Crippen molar-refractivity contribution in [3.05, 3.63) is 32.4 Å². The van der Waals surface area contributed by atoms with Crippen LogP contribution in [0.5, 0.6) is 0 Å². The minimum atomic E-state index is -0.0497. The van der Waals surface area contributed by atoms with Crippen LogP contribution in [0.15, 0.2) is 18.2 Å². The van der Waals surface area contributed by atoms with E-state index in [4.69, 9.17) is 23.2 Å². The lowest BCUT2D eigenvalue weighted by Crippen LogP contribution is -2.31. The molecule has 0 bridgehead atoms. The molecular formula is C14H16Cl2INO. The van der Waals surface area contributed by atoms with Crippen molar-refractivity contribution in [2.45, 2.75) is 31.1 Å². The van der Waals surface area contributed by atoms with Gasteiger partial charge in [0.15, 0.2) is 0 Å². The van der Waals surface area contributed by atoms with Crippen LogP contribution in [0.4, 0.5) is 0 Å². The third kappa shape index (κ3) is 4.50. The van der Waals surface area contributed by atoms with Crippen LogP contribution >= 0.6 is 45.8 Å². The molecule has 1 fully saturated rings. The smallest absolute Gasteiger partial charge is 0.251 e. The van der Waals surface area contributed by atoms with Crippen molar-refractivity contribution >= 4 is 51.7 Å². The van der Waals surface area contributed by atoms with Gasteiger partial charge in [-0.05, 0) is 72.4 Å². The Morgan fingerprint density at radius 1 is 1.32 bits per heavy atom. The molecule has 1 amide bonds. The van der Waals surface area contributed by atoms with Crippen molar-refractivity contribution in [3.63, 3.8) is 0 Å². The Bertz CT molecular complexity index is 459. The molecule has 2 rings (SSSR count). The molecule has 1 aliphatic carbocycles. The van der Waals surface area contributed by atoms with E-state index in [2.05, 4.69) is 27.9 Å². The monoisotopic (exact) mass is 411 g/mol. The second-order valence-corrected chi connectivity index (χ2v) is 7.14. The Labute approximate surface area is 137 Å². The average Bonchev–Trinajstić information content (AvgIpc) is 2.41. The van der Waals surface area contributed by atoms with Crippen LogP contribution in [0.3, 0.4) is 0 Å². The Morgan fingerprint density at radius 2 is 2.00 bits per heavy atom. The number of carbonyl (C=O) groups is 1. The average molecular weight is 412 g/mol. The van der Waals surface area contributed by atoms with E-state index < -0.39 is 0 Å². The highest BCUT2D eigenvalue weighted by Crippen LogP contribution is 2.27. The number of alkyl halides is 1. The second-order valence-electron chi connectivity index (χ2n) is 4.96. The van der Waals surface area contributed by atoms with Crippen molar-refractivity contribution in [1.29, 1.82) is 0 Å². The van der Waals surface area contributed by atoms with Gasteiger partial charge in [0, 0.05) is 21.1 Å². The standard InChI is InChI=1S/C14H16Cl2INO/c15-11-4-1-9(2-5-11)8-18-14(19)10-3-6-13(17)12(16)7-10/h3,6-7,9,11H,1-2,4-5,8H2,(H,18,19). The van der Waals surface area contributed by atoms with Gasteiger partial charge in [0.1, 0.15) is 0 Å². The molecule has 0 heterocycles. The number of nitrogens with one attached hydrogen (secondary N) is 1. The largest absolute Gasteiger partial charge is 0.352 e. The maximum Gasteiger partial charge on any atom is 0.251 e. The van der Waals surface area contributed by atoms with E-state index in [0.717, 1.165) is 35.8 Å². The fourth-order valence-electron chi connectivity index (χ4n) is 2.30. The summed E-state index contributed by atoms with van der Waals surface area (Å²) in [6, 6.07) is 5.38. The van der Waals surface area contributed by atoms with Crippen molar-refractivity contribution < 1.29 is 4.79 Å². The molecule has 0 saturated heterocycles. The van der Waals surface area contributed by atoms with E-state index in [0.29, 0.717) is 21.9 Å². The summed E-state index contributed by atoms with van der Waals surface area (Å²) in [4.78, 5) is 12.0. The molecule has 1 N–H and O–H groups in total. The maximum absolute atomic E-state index is 12.0. The summed E-state index contributed by atoms with van der Waals surface area (Å²) in [6.07, 6.45) is 4.30. The van der Waals surface area contributed by atoms with Crippen LogP contribution in [0.25, 0.3) is 0 Å². The summed E-state index contributed by atoms with van der Waals surface area (Å²) in [5, 5.41) is 3.93. The van der Waals surface area contributed by atoms with Gasteiger partial charge >= 0.3 is 0 Å². The number of amides is 1. The molecule has 1 aliphatic rings. The molecule has 5 heteroatoms. The Kier molecular flexibility index (Phi) is 5.78. The summed E-state index contributed by atoms with van der Waals surface area (Å²) in [5.41, 5.74) is 0.622. The topological polar surface area (TPSA) is 29.1 Å². The highest BCUT2D eigenvalue weighted by atomic mass is 127. The Hall–Kier alpha value is -0.0000000000000000555. The number of halogens is 3. The second kappa shape index (κ2) is 7.14. The van der Waals surface area contributed by atoms with E-state index in [1.165, 1.54) is 0 Å². The van der Waals surface area contributed by atoms with E-state index in [9.17, 15) is 4.79 Å². The molecule has 1 saturated carbocycles. The fourth-order valence-corrected chi connectivity index (χ4v) is 3.07. The first-order chi connectivity index (χ1) is 9.06. The molecule has 104 valence electrons. The van der Waals surface area contributed by atoms with Gasteiger partial charge in [-0.2, -0.15) is 0 Å². The van der Waals surface area contributed by atoms with Gasteiger partial charge in [0.05, 0.1) is 5.02 Å². The van der Waals surface area contributed by atoms with Gasteiger partial charge in [-0.15, -0.1) is 11.6 Å². The molecule has 2 nitrogen and oxygen atoms in total. The number of hydrogen-bond donors (Lipinski definition) is 1. The molecule has 0 aliphatic heterocycles. The summed E-state index contributed by atoms with van der Waals surface area (Å²) in [5.74, 6) is 0.504. The number of rotatable bonds is 3. The molecule has 1 aromatic rings. The zero-order valence-corrected chi connectivity index (χ0v) is 14.1. The Balaban J connectivity index is 1.85. The van der Waals surface area contributed by atoms with Crippen LogP contribution in [0.2, 0.25) is 5.02 Å². The summed E-state index contributed by atoms with van der Waals surface area (Å²) < 4.78 is 0.955. The van der Waals surface area contributed by atoms with Crippen molar-refractivity contribution in [2.75, 3.05) is 6.54 Å². The number of carbonyl (C=O) groups excluding carboxylic acids is 1. The third-order valence-corrected chi connectivity index (χ3v) is 5.52. The maximum atomic E-state index is 12.0. The predicted molar refractivity (Wildman–Crippen MR) is 88.1 cm³/mol. The Morgan fingerprint density at radius 3 is 2.63 bits per heavy atom. The van der Waals surface area contributed by atoms with Crippen LogP contribution in [0.1, 0.15) is 36.0 Å². The molecule has 19 heavy (non-hydrogen) atoms. The quantitative estimate of drug-likeness (QED) is 0.576. The van der Waals surface area contributed by atoms with Gasteiger partial charge in [0.25, 0.3) is 5.91 Å². The molecular weight excluding hydrogens is 396 g/mol. The van der Waals surface area contributed by atoms with Crippen LogP contribution < -0.4 is 5.32 Å². The van der Waals surface area contributed by atoms with E-state index in [-0.39, 0.29) is 5.91 Å². The van der Waals surface area contributed by atoms with Gasteiger partial charge in [0.2, 0.25) is 0 Å². The number of benzene rings is 1. The van der Waals surface area contributed by atoms with Gasteiger partial charge in [-0.25, -0.2) is 0 Å². The van der Waals surface area contributed by atoms with Gasteiger partial charge in [-0.3, -0.25) is 4.79 Å². The lowest BCUT2D eigenvalue weighted by molar-refractivity contribution is 0.0943. The van der Waals surface area contributed by atoms with Crippen molar-refractivity contribution in [2.24, 2.45) is 5.92 Å². The first-order valence-corrected chi connectivity index (χ1v) is 8.33. The summed E-state index contributed by atoms with van der Waals surface area (Å²) in [7, 11) is 0. The van der Waals surface area contributed by atoms with Crippen molar-refractivity contribution in [3.8, 4) is 0 Å². The predicted octanol–water partition coefficient (Wildman–Crippen LogP) is 4.47. The van der Waals surface area contributed by atoms with E-state index >= 15 is 0 Å². The molecule has 0 aromatic heterocycles. The highest BCUT2D eigenvalue weighted by molar-refractivity contribution is 14.1. The van der Waals surface area contributed by atoms with Crippen molar-refractivity contribution in [1.82, 2.24) is 5.32 Å². The summed E-state index contributed by atoms with van der Waals surface area (Å²) in [6.45, 7) is 0.728. The normalized spacial score (nSPS) is 23.1. The van der Waals surface area contributed by atoms with Crippen LogP contribution in [-0.2, 0) is 0 Å². The SMILES string of the molecule is O=C(NCC1CCC(Cl)CC1)c1ccc(I)c(Cl)c1. The van der Waals surface area contributed by atoms with Crippen LogP contribution in [0, 0.1) is 9.49 Å². The zero-order valence-electron chi connectivity index (χ0n) is 10.5. The van der Waals surface area contributed by atoms with Crippen LogP contribution in [-0.4, -0.2) is 17.8 Å². The molecule has 1 aromatic carbocycles. The van der Waals surface area contributed by atoms with E-state index in [1.54, 1.807) is 12.1 Å². The van der Waals surface area contributed by atoms with Gasteiger partial charge in [-0.1, -0.05) is 11.6 Å². The molecule has 0 unspecified atom stereocenters. The third-order valence-electron chi connectivity index (χ3n) is 3.51. The molecule has 0 spiro atoms.